The van der Waals surface area contributed by atoms with Crippen LogP contribution in [0.4, 0.5) is 0 Å². The summed E-state index contributed by atoms with van der Waals surface area (Å²) in [6.07, 6.45) is 11.1. The molecule has 0 rings (SSSR count). The molecule has 1 atom stereocenters. The van der Waals surface area contributed by atoms with Gasteiger partial charge in [-0.25, -0.2) is 0 Å². The number of hydrogen-bond donors (Lipinski definition) is 1. The smallest absolute Gasteiger partial charge is 0.0786 e. The van der Waals surface area contributed by atoms with Gasteiger partial charge in [-0.05, 0) is 25.7 Å². The maximum Gasteiger partial charge on any atom is 0.0786 e. The van der Waals surface area contributed by atoms with Crippen LogP contribution in [0.2, 0.25) is 0 Å². The number of quaternary nitrogens is 1. The lowest BCUT2D eigenvalue weighted by atomic mass is 10.1. The summed E-state index contributed by atoms with van der Waals surface area (Å²) < 4.78 is 1.42. The summed E-state index contributed by atoms with van der Waals surface area (Å²) in [6.45, 7) is 15.0. The Morgan fingerprint density at radius 1 is 0.550 bits per heavy atom. The van der Waals surface area contributed by atoms with Crippen LogP contribution in [0.1, 0.15) is 79.1 Å². The molecular weight excluding hydrogens is 267 g/mol. The van der Waals surface area contributed by atoms with Gasteiger partial charge in [-0.2, -0.15) is 9.90 Å². The summed E-state index contributed by atoms with van der Waals surface area (Å²) in [7, 11) is 0. The summed E-state index contributed by atoms with van der Waals surface area (Å²) in [4.78, 5) is 0. The average Bonchev–Trinajstić information content (AvgIpc) is 2.37. The Morgan fingerprint density at radius 3 is 0.900 bits per heavy atom. The van der Waals surface area contributed by atoms with Gasteiger partial charge in [0.05, 0.1) is 26.2 Å². The van der Waals surface area contributed by atoms with Gasteiger partial charge in [0.15, 0.2) is 0 Å². The van der Waals surface area contributed by atoms with Crippen molar-refractivity contribution in [2.24, 2.45) is 0 Å². The molecular formula is C16H43N2OP. The standard InChI is InChI=1S/C16H36N.H3N.H2O.H3P/c1-5-9-13-17(14-10-6-2,15-11-7-3)16-12-8-4;;;/h5-16H2,1-4H3;1H3;1H2;1H3/q+1;;;/p-1. The maximum absolute atomic E-state index is 2.33. The van der Waals surface area contributed by atoms with Crippen molar-refractivity contribution in [2.45, 2.75) is 79.1 Å². The largest absolute Gasteiger partial charge is 0.870 e. The molecule has 0 spiro atoms. The molecule has 0 amide bonds. The van der Waals surface area contributed by atoms with Gasteiger partial charge in [0.25, 0.3) is 0 Å². The van der Waals surface area contributed by atoms with E-state index in [9.17, 15) is 0 Å². The minimum Gasteiger partial charge on any atom is -0.870 e. The van der Waals surface area contributed by atoms with Crippen molar-refractivity contribution in [2.75, 3.05) is 26.2 Å². The second-order valence-electron chi connectivity index (χ2n) is 5.65. The van der Waals surface area contributed by atoms with Crippen LogP contribution in [-0.2, 0) is 0 Å². The van der Waals surface area contributed by atoms with E-state index in [1.54, 1.807) is 0 Å². The quantitative estimate of drug-likeness (QED) is 0.405. The molecule has 0 bridgehead atoms. The first-order valence-electron chi connectivity index (χ1n) is 8.09. The van der Waals surface area contributed by atoms with Gasteiger partial charge in [-0.3, -0.25) is 0 Å². The van der Waals surface area contributed by atoms with Gasteiger partial charge in [0, 0.05) is 0 Å². The Bertz CT molecular complexity index is 131. The van der Waals surface area contributed by atoms with Crippen molar-refractivity contribution >= 4 is 9.90 Å². The van der Waals surface area contributed by atoms with Crippen molar-refractivity contribution < 1.29 is 9.96 Å². The Morgan fingerprint density at radius 2 is 0.750 bits per heavy atom. The molecule has 0 aliphatic carbocycles. The highest BCUT2D eigenvalue weighted by atomic mass is 31.0. The van der Waals surface area contributed by atoms with Gasteiger partial charge >= 0.3 is 0 Å². The first kappa shape index (κ1) is 28.5. The molecule has 128 valence electrons. The molecule has 0 saturated heterocycles. The van der Waals surface area contributed by atoms with E-state index in [2.05, 4.69) is 27.7 Å². The highest BCUT2D eigenvalue weighted by molar-refractivity contribution is 6.92. The van der Waals surface area contributed by atoms with Gasteiger partial charge in [0.1, 0.15) is 0 Å². The number of nitrogens with zero attached hydrogens (tertiary/aromatic N) is 1. The van der Waals surface area contributed by atoms with Gasteiger partial charge in [-0.15, -0.1) is 0 Å². The Kier molecular flexibility index (Phi) is 27.5. The third-order valence-electron chi connectivity index (χ3n) is 3.94. The van der Waals surface area contributed by atoms with Crippen LogP contribution < -0.4 is 6.15 Å². The van der Waals surface area contributed by atoms with E-state index >= 15 is 0 Å². The van der Waals surface area contributed by atoms with Crippen LogP contribution in [0.15, 0.2) is 0 Å². The Hall–Kier alpha value is 0.310. The van der Waals surface area contributed by atoms with Crippen LogP contribution in [0.3, 0.4) is 0 Å². The molecule has 1 unspecified atom stereocenters. The first-order chi connectivity index (χ1) is 8.24. The van der Waals surface area contributed by atoms with E-state index in [0.717, 1.165) is 0 Å². The topological polar surface area (TPSA) is 65.0 Å². The van der Waals surface area contributed by atoms with E-state index in [4.69, 9.17) is 0 Å². The monoisotopic (exact) mass is 310 g/mol. The fraction of sp³-hybridized carbons (Fsp3) is 1.00. The Balaban J connectivity index is -0.000000427. The number of rotatable bonds is 12. The molecule has 3 nitrogen and oxygen atoms in total. The zero-order chi connectivity index (χ0) is 13.0. The first-order valence-corrected chi connectivity index (χ1v) is 8.09. The third-order valence-corrected chi connectivity index (χ3v) is 3.94. The van der Waals surface area contributed by atoms with E-state index in [-0.39, 0.29) is 21.5 Å². The zero-order valence-electron chi connectivity index (χ0n) is 14.8. The number of hydrogen-bond acceptors (Lipinski definition) is 2. The molecule has 0 aromatic carbocycles. The fourth-order valence-corrected chi connectivity index (χ4v) is 2.64. The third kappa shape index (κ3) is 13.3. The second-order valence-corrected chi connectivity index (χ2v) is 5.65. The molecule has 0 aliphatic heterocycles. The predicted octanol–water partition coefficient (Wildman–Crippen LogP) is 5.05. The van der Waals surface area contributed by atoms with E-state index in [1.807, 2.05) is 0 Å². The summed E-state index contributed by atoms with van der Waals surface area (Å²) in [6, 6.07) is 0. The highest BCUT2D eigenvalue weighted by Gasteiger charge is 2.24. The van der Waals surface area contributed by atoms with Crippen LogP contribution >= 0.6 is 9.90 Å². The summed E-state index contributed by atoms with van der Waals surface area (Å²) in [5, 5.41) is 0. The van der Waals surface area contributed by atoms with Crippen LogP contribution in [-0.4, -0.2) is 36.1 Å². The average molecular weight is 311 g/mol. The molecule has 0 saturated carbocycles. The minimum atomic E-state index is 0. The van der Waals surface area contributed by atoms with Crippen molar-refractivity contribution in [3.05, 3.63) is 0 Å². The van der Waals surface area contributed by atoms with Crippen molar-refractivity contribution in [3.8, 4) is 0 Å². The van der Waals surface area contributed by atoms with Gasteiger partial charge in [-0.1, -0.05) is 53.4 Å². The van der Waals surface area contributed by atoms with E-state index in [0.29, 0.717) is 0 Å². The van der Waals surface area contributed by atoms with E-state index < -0.39 is 0 Å². The van der Waals surface area contributed by atoms with Crippen LogP contribution in [0, 0.1) is 0 Å². The minimum absolute atomic E-state index is 0. The normalized spacial score (nSPS) is 10.2. The molecule has 0 heterocycles. The second kappa shape index (κ2) is 19.3. The Labute approximate surface area is 132 Å². The summed E-state index contributed by atoms with van der Waals surface area (Å²) in [5.41, 5.74) is 0. The SMILES string of the molecule is CCCC[N+](CCCC)(CCCC)CCCC.N.P.[OH-]. The van der Waals surface area contributed by atoms with Crippen molar-refractivity contribution in [1.82, 2.24) is 6.15 Å². The zero-order valence-corrected chi connectivity index (χ0v) is 16.2. The summed E-state index contributed by atoms with van der Waals surface area (Å²) >= 11 is 0. The maximum atomic E-state index is 2.33. The molecule has 0 aromatic heterocycles. The molecule has 20 heavy (non-hydrogen) atoms. The van der Waals surface area contributed by atoms with Gasteiger partial charge in [0.2, 0.25) is 0 Å². The molecule has 0 fully saturated rings. The molecule has 4 heteroatoms. The lowest BCUT2D eigenvalue weighted by Crippen LogP contribution is -2.50. The molecule has 0 radical (unpaired) electrons. The fourth-order valence-electron chi connectivity index (χ4n) is 2.64. The van der Waals surface area contributed by atoms with Crippen molar-refractivity contribution in [3.63, 3.8) is 0 Å². The number of unbranched alkanes of at least 4 members (excludes halogenated alkanes) is 4. The molecule has 0 aliphatic rings. The predicted molar refractivity (Wildman–Crippen MR) is 97.4 cm³/mol. The van der Waals surface area contributed by atoms with Crippen molar-refractivity contribution in [1.29, 1.82) is 0 Å². The van der Waals surface area contributed by atoms with Gasteiger partial charge < -0.3 is 16.1 Å². The molecule has 4 N–H and O–H groups in total. The lowest BCUT2D eigenvalue weighted by Gasteiger charge is -2.39. The van der Waals surface area contributed by atoms with Crippen LogP contribution in [0.25, 0.3) is 0 Å². The van der Waals surface area contributed by atoms with E-state index in [1.165, 1.54) is 82.0 Å². The lowest BCUT2D eigenvalue weighted by molar-refractivity contribution is -0.929. The van der Waals surface area contributed by atoms with Crippen LogP contribution in [0.5, 0.6) is 0 Å². The molecule has 0 aromatic rings. The highest BCUT2D eigenvalue weighted by Crippen LogP contribution is 2.16. The summed E-state index contributed by atoms with van der Waals surface area (Å²) in [5.74, 6) is 0.